The van der Waals surface area contributed by atoms with E-state index in [2.05, 4.69) is 11.8 Å². The topological polar surface area (TPSA) is 53.0 Å². The Labute approximate surface area is 110 Å². The van der Waals surface area contributed by atoms with Crippen molar-refractivity contribution in [3.8, 4) is 0 Å². The molecular formula is C13H26N2O3. The summed E-state index contributed by atoms with van der Waals surface area (Å²) in [6.45, 7) is 12.6. The summed E-state index contributed by atoms with van der Waals surface area (Å²) >= 11 is 0. The van der Waals surface area contributed by atoms with Gasteiger partial charge in [0.15, 0.2) is 0 Å². The van der Waals surface area contributed by atoms with E-state index in [0.717, 1.165) is 26.2 Å². The van der Waals surface area contributed by atoms with Gasteiger partial charge in [-0.1, -0.05) is 6.92 Å². The number of ether oxygens (including phenoxy) is 1. The Morgan fingerprint density at radius 3 is 2.67 bits per heavy atom. The molecule has 1 N–H and O–H groups in total. The quantitative estimate of drug-likeness (QED) is 0.794. The molecule has 1 rings (SSSR count). The molecular weight excluding hydrogens is 232 g/mol. The number of aliphatic carboxylic acids is 1. The summed E-state index contributed by atoms with van der Waals surface area (Å²) in [6, 6.07) is 0. The fourth-order valence-corrected chi connectivity index (χ4v) is 2.16. The van der Waals surface area contributed by atoms with Gasteiger partial charge in [0.1, 0.15) is 0 Å². The number of carbonyl (C=O) groups is 1. The Morgan fingerprint density at radius 1 is 1.50 bits per heavy atom. The van der Waals surface area contributed by atoms with E-state index in [1.165, 1.54) is 0 Å². The second kappa shape index (κ2) is 6.50. The van der Waals surface area contributed by atoms with Gasteiger partial charge < -0.3 is 9.84 Å². The fourth-order valence-electron chi connectivity index (χ4n) is 2.16. The van der Waals surface area contributed by atoms with Crippen LogP contribution in [-0.2, 0) is 9.53 Å². The van der Waals surface area contributed by atoms with Crippen molar-refractivity contribution in [2.24, 2.45) is 0 Å². The Kier molecular flexibility index (Phi) is 5.56. The summed E-state index contributed by atoms with van der Waals surface area (Å²) in [5.74, 6) is -0.784. The van der Waals surface area contributed by atoms with E-state index in [1.807, 2.05) is 25.7 Å². The average Bonchev–Trinajstić information content (AvgIpc) is 2.26. The zero-order valence-corrected chi connectivity index (χ0v) is 12.0. The van der Waals surface area contributed by atoms with Crippen molar-refractivity contribution < 1.29 is 14.6 Å². The van der Waals surface area contributed by atoms with E-state index in [-0.39, 0.29) is 18.2 Å². The van der Waals surface area contributed by atoms with E-state index in [4.69, 9.17) is 9.84 Å². The van der Waals surface area contributed by atoms with Gasteiger partial charge in [0, 0.05) is 25.2 Å². The predicted octanol–water partition coefficient (Wildman–Crippen LogP) is 0.892. The summed E-state index contributed by atoms with van der Waals surface area (Å²) < 4.78 is 5.74. The van der Waals surface area contributed by atoms with Gasteiger partial charge in [0.2, 0.25) is 0 Å². The second-order valence-corrected chi connectivity index (χ2v) is 5.83. The molecule has 18 heavy (non-hydrogen) atoms. The summed E-state index contributed by atoms with van der Waals surface area (Å²) in [6.07, 6.45) is 0.109. The van der Waals surface area contributed by atoms with Gasteiger partial charge >= 0.3 is 5.97 Å². The Morgan fingerprint density at radius 2 is 2.17 bits per heavy atom. The second-order valence-electron chi connectivity index (χ2n) is 5.83. The van der Waals surface area contributed by atoms with Crippen molar-refractivity contribution in [2.45, 2.75) is 39.3 Å². The summed E-state index contributed by atoms with van der Waals surface area (Å²) in [4.78, 5) is 15.2. The molecule has 1 atom stereocenters. The zero-order valence-electron chi connectivity index (χ0n) is 12.0. The molecule has 5 nitrogen and oxygen atoms in total. The third kappa shape index (κ3) is 4.92. The molecule has 0 aromatic rings. The Hall–Kier alpha value is -0.650. The molecule has 1 saturated heterocycles. The highest BCUT2D eigenvalue weighted by Crippen LogP contribution is 2.16. The first-order valence-corrected chi connectivity index (χ1v) is 6.63. The molecule has 1 heterocycles. The lowest BCUT2D eigenvalue weighted by molar-refractivity contribution is -0.141. The molecule has 0 bridgehead atoms. The minimum atomic E-state index is -0.784. The lowest BCUT2D eigenvalue weighted by atomic mass is 10.0. The molecule has 0 aromatic carbocycles. The molecule has 0 spiro atoms. The first kappa shape index (κ1) is 15.4. The molecule has 0 radical (unpaired) electrons. The number of carboxylic acids is 1. The monoisotopic (exact) mass is 258 g/mol. The van der Waals surface area contributed by atoms with Crippen LogP contribution < -0.4 is 0 Å². The summed E-state index contributed by atoms with van der Waals surface area (Å²) in [7, 11) is 0. The van der Waals surface area contributed by atoms with Crippen LogP contribution in [0.3, 0.4) is 0 Å². The highest BCUT2D eigenvalue weighted by molar-refractivity contribution is 5.69. The lowest BCUT2D eigenvalue weighted by Gasteiger charge is -2.40. The van der Waals surface area contributed by atoms with Crippen LogP contribution in [0.5, 0.6) is 0 Å². The number of carboxylic acid groups (broad SMARTS) is 1. The predicted molar refractivity (Wildman–Crippen MR) is 70.8 cm³/mol. The summed E-state index contributed by atoms with van der Waals surface area (Å²) in [5, 5.41) is 8.98. The van der Waals surface area contributed by atoms with E-state index >= 15 is 0 Å². The van der Waals surface area contributed by atoms with Gasteiger partial charge in [-0.3, -0.25) is 14.6 Å². The normalized spacial score (nSPS) is 22.4. The van der Waals surface area contributed by atoms with Crippen LogP contribution in [0.4, 0.5) is 0 Å². The molecule has 5 heteroatoms. The van der Waals surface area contributed by atoms with E-state index in [1.54, 1.807) is 0 Å². The molecule has 1 fully saturated rings. The third-order valence-corrected chi connectivity index (χ3v) is 3.37. The van der Waals surface area contributed by atoms with Crippen LogP contribution in [0.15, 0.2) is 0 Å². The molecule has 1 unspecified atom stereocenters. The van der Waals surface area contributed by atoms with Crippen molar-refractivity contribution >= 4 is 5.97 Å². The van der Waals surface area contributed by atoms with E-state index < -0.39 is 5.97 Å². The maximum absolute atomic E-state index is 10.9. The van der Waals surface area contributed by atoms with Crippen LogP contribution in [-0.4, -0.2) is 71.8 Å². The third-order valence-electron chi connectivity index (χ3n) is 3.37. The average molecular weight is 258 g/mol. The van der Waals surface area contributed by atoms with Crippen LogP contribution in [0.2, 0.25) is 0 Å². The largest absolute Gasteiger partial charge is 0.480 e. The standard InChI is InChI=1S/C13H26N2O3/c1-5-14-6-7-18-11(8-14)9-15(10-12(16)17)13(2,3)4/h11H,5-10H2,1-4H3,(H,16,17). The van der Waals surface area contributed by atoms with Crippen molar-refractivity contribution in [2.75, 3.05) is 39.3 Å². The lowest BCUT2D eigenvalue weighted by Crippen LogP contribution is -2.53. The van der Waals surface area contributed by atoms with E-state index in [0.29, 0.717) is 6.54 Å². The van der Waals surface area contributed by atoms with Crippen molar-refractivity contribution in [3.63, 3.8) is 0 Å². The number of likely N-dealkylation sites (N-methyl/N-ethyl adjacent to an activating group) is 1. The minimum absolute atomic E-state index is 0.0650. The fraction of sp³-hybridized carbons (Fsp3) is 0.923. The highest BCUT2D eigenvalue weighted by Gasteiger charge is 2.28. The molecule has 106 valence electrons. The zero-order chi connectivity index (χ0) is 13.8. The number of hydrogen-bond acceptors (Lipinski definition) is 4. The molecule has 0 amide bonds. The molecule has 0 aliphatic carbocycles. The van der Waals surface area contributed by atoms with E-state index in [9.17, 15) is 4.79 Å². The van der Waals surface area contributed by atoms with Gasteiger partial charge in [-0.25, -0.2) is 0 Å². The smallest absolute Gasteiger partial charge is 0.317 e. The molecule has 1 aliphatic heterocycles. The number of morpholine rings is 1. The van der Waals surface area contributed by atoms with Crippen LogP contribution >= 0.6 is 0 Å². The first-order valence-electron chi connectivity index (χ1n) is 6.63. The van der Waals surface area contributed by atoms with Crippen molar-refractivity contribution in [1.82, 2.24) is 9.80 Å². The summed E-state index contributed by atoms with van der Waals surface area (Å²) in [5.41, 5.74) is -0.157. The van der Waals surface area contributed by atoms with Gasteiger partial charge in [0.25, 0.3) is 0 Å². The number of nitrogens with zero attached hydrogens (tertiary/aromatic N) is 2. The Bertz CT molecular complexity index is 276. The maximum atomic E-state index is 10.9. The van der Waals surface area contributed by atoms with Crippen LogP contribution in [0.25, 0.3) is 0 Å². The SMILES string of the molecule is CCN1CCOC(CN(CC(=O)O)C(C)(C)C)C1. The minimum Gasteiger partial charge on any atom is -0.480 e. The van der Waals surface area contributed by atoms with Gasteiger partial charge in [-0.05, 0) is 27.3 Å². The number of hydrogen-bond donors (Lipinski definition) is 1. The van der Waals surface area contributed by atoms with Gasteiger partial charge in [0.05, 0.1) is 19.3 Å². The highest BCUT2D eigenvalue weighted by atomic mass is 16.5. The van der Waals surface area contributed by atoms with Crippen molar-refractivity contribution in [1.29, 1.82) is 0 Å². The molecule has 1 aliphatic rings. The van der Waals surface area contributed by atoms with Crippen LogP contribution in [0, 0.1) is 0 Å². The van der Waals surface area contributed by atoms with Crippen molar-refractivity contribution in [3.05, 3.63) is 0 Å². The first-order chi connectivity index (χ1) is 8.32. The maximum Gasteiger partial charge on any atom is 0.317 e. The molecule has 0 aromatic heterocycles. The van der Waals surface area contributed by atoms with Gasteiger partial charge in [-0.2, -0.15) is 0 Å². The number of rotatable bonds is 5. The Balaban J connectivity index is 2.57. The molecule has 0 saturated carbocycles. The van der Waals surface area contributed by atoms with Gasteiger partial charge in [-0.15, -0.1) is 0 Å². The van der Waals surface area contributed by atoms with Crippen LogP contribution in [0.1, 0.15) is 27.7 Å².